The molecule has 2 aromatic heterocycles. The summed E-state index contributed by atoms with van der Waals surface area (Å²) in [5.41, 5.74) is 0.868. The molecule has 2 atom stereocenters. The molecule has 0 saturated carbocycles. The first-order valence-corrected chi connectivity index (χ1v) is 12.2. The first kappa shape index (κ1) is 22.9. The number of aryl methyl sites for hydroxylation is 2. The minimum Gasteiger partial charge on any atom is -0.462 e. The number of esters is 1. The van der Waals surface area contributed by atoms with Gasteiger partial charge in [0, 0.05) is 32.1 Å². The Labute approximate surface area is 192 Å². The monoisotopic (exact) mass is 460 g/mol. The molecule has 2 saturated heterocycles. The molecule has 9 heteroatoms. The molecule has 2 aliphatic rings. The fourth-order valence-corrected chi connectivity index (χ4v) is 5.91. The van der Waals surface area contributed by atoms with E-state index in [1.54, 1.807) is 6.92 Å². The molecule has 0 aliphatic carbocycles. The summed E-state index contributed by atoms with van der Waals surface area (Å²) in [6, 6.07) is 0. The lowest BCUT2D eigenvalue weighted by molar-refractivity contribution is -0.148. The predicted molar refractivity (Wildman–Crippen MR) is 124 cm³/mol. The number of rotatable bonds is 4. The van der Waals surface area contributed by atoms with Gasteiger partial charge in [-0.15, -0.1) is 11.3 Å². The fraction of sp³-hybridized carbons (Fsp3) is 0.652. The Morgan fingerprint density at radius 3 is 2.41 bits per heavy atom. The van der Waals surface area contributed by atoms with Crippen molar-refractivity contribution in [1.82, 2.24) is 14.9 Å². The van der Waals surface area contributed by atoms with Crippen LogP contribution in [0.15, 0.2) is 0 Å². The summed E-state index contributed by atoms with van der Waals surface area (Å²) in [5, 5.41) is 0.921. The van der Waals surface area contributed by atoms with E-state index >= 15 is 0 Å². The van der Waals surface area contributed by atoms with E-state index < -0.39 is 0 Å². The maximum atomic E-state index is 13.1. The lowest BCUT2D eigenvalue weighted by Gasteiger charge is -2.39. The molecule has 174 valence electrons. The summed E-state index contributed by atoms with van der Waals surface area (Å²) in [7, 11) is 0. The zero-order valence-electron chi connectivity index (χ0n) is 19.5. The van der Waals surface area contributed by atoms with Crippen LogP contribution in [-0.2, 0) is 14.3 Å². The third kappa shape index (κ3) is 4.45. The van der Waals surface area contributed by atoms with E-state index in [0.717, 1.165) is 47.5 Å². The zero-order chi connectivity index (χ0) is 23.0. The predicted octanol–water partition coefficient (Wildman–Crippen LogP) is 3.34. The molecule has 4 rings (SSSR count). The second-order valence-corrected chi connectivity index (χ2v) is 9.81. The molecular weight excluding hydrogens is 428 g/mol. The SMILES string of the molecule is CCOC(=O)c1sc2nc(C)nc(N3CCC(C(=O)N4C[C@H](C)O[C@@H](C)C4)CC3)c2c1C. The second kappa shape index (κ2) is 9.31. The molecule has 2 fully saturated rings. The number of anilines is 1. The average molecular weight is 461 g/mol. The Bertz CT molecular complexity index is 1010. The van der Waals surface area contributed by atoms with E-state index in [-0.39, 0.29) is 30.0 Å². The Hall–Kier alpha value is -2.26. The highest BCUT2D eigenvalue weighted by atomic mass is 32.1. The lowest BCUT2D eigenvalue weighted by Crippen LogP contribution is -2.51. The molecule has 0 spiro atoms. The summed E-state index contributed by atoms with van der Waals surface area (Å²) in [6.07, 6.45) is 1.74. The quantitative estimate of drug-likeness (QED) is 0.647. The van der Waals surface area contributed by atoms with Crippen molar-refractivity contribution >= 4 is 39.2 Å². The molecule has 0 radical (unpaired) electrons. The molecular formula is C23H32N4O4S. The van der Waals surface area contributed by atoms with Gasteiger partial charge in [0.05, 0.1) is 24.2 Å². The van der Waals surface area contributed by atoms with Crippen LogP contribution in [-0.4, -0.2) is 71.7 Å². The highest BCUT2D eigenvalue weighted by Gasteiger charge is 2.34. The van der Waals surface area contributed by atoms with Crippen LogP contribution in [0.1, 0.15) is 54.7 Å². The number of thiophene rings is 1. The van der Waals surface area contributed by atoms with Gasteiger partial charge in [-0.1, -0.05) is 0 Å². The van der Waals surface area contributed by atoms with E-state index in [1.165, 1.54) is 11.3 Å². The maximum absolute atomic E-state index is 13.1. The average Bonchev–Trinajstić information content (AvgIpc) is 3.08. The van der Waals surface area contributed by atoms with Gasteiger partial charge in [0.2, 0.25) is 5.91 Å². The van der Waals surface area contributed by atoms with Crippen molar-refractivity contribution in [2.24, 2.45) is 5.92 Å². The highest BCUT2D eigenvalue weighted by Crippen LogP contribution is 2.37. The second-order valence-electron chi connectivity index (χ2n) is 8.81. The largest absolute Gasteiger partial charge is 0.462 e. The van der Waals surface area contributed by atoms with Crippen LogP contribution in [0.4, 0.5) is 5.82 Å². The molecule has 8 nitrogen and oxygen atoms in total. The highest BCUT2D eigenvalue weighted by molar-refractivity contribution is 7.20. The summed E-state index contributed by atoms with van der Waals surface area (Å²) in [4.78, 5) is 40.4. The van der Waals surface area contributed by atoms with Gasteiger partial charge in [0.1, 0.15) is 21.3 Å². The van der Waals surface area contributed by atoms with Crippen LogP contribution in [0.25, 0.3) is 10.2 Å². The van der Waals surface area contributed by atoms with Crippen LogP contribution in [0.3, 0.4) is 0 Å². The molecule has 0 N–H and O–H groups in total. The van der Waals surface area contributed by atoms with E-state index in [4.69, 9.17) is 14.5 Å². The van der Waals surface area contributed by atoms with Crippen LogP contribution < -0.4 is 4.90 Å². The molecule has 4 heterocycles. The minimum absolute atomic E-state index is 0.0286. The molecule has 0 bridgehead atoms. The fourth-order valence-electron chi connectivity index (χ4n) is 4.80. The Morgan fingerprint density at radius 2 is 1.78 bits per heavy atom. The van der Waals surface area contributed by atoms with Gasteiger partial charge in [-0.25, -0.2) is 14.8 Å². The molecule has 0 aromatic carbocycles. The van der Waals surface area contributed by atoms with Crippen molar-refractivity contribution in [3.63, 3.8) is 0 Å². The van der Waals surface area contributed by atoms with Crippen LogP contribution >= 0.6 is 11.3 Å². The summed E-state index contributed by atoms with van der Waals surface area (Å²) in [6.45, 7) is 12.8. The van der Waals surface area contributed by atoms with Crippen LogP contribution in [0.5, 0.6) is 0 Å². The third-order valence-corrected chi connectivity index (χ3v) is 7.38. The van der Waals surface area contributed by atoms with Crippen molar-refractivity contribution < 1.29 is 19.1 Å². The van der Waals surface area contributed by atoms with Gasteiger partial charge < -0.3 is 19.3 Å². The van der Waals surface area contributed by atoms with Crippen molar-refractivity contribution in [2.45, 2.75) is 59.7 Å². The first-order chi connectivity index (χ1) is 15.3. The number of carbonyl (C=O) groups is 2. The summed E-state index contributed by atoms with van der Waals surface area (Å²) < 4.78 is 11.0. The number of amides is 1. The summed E-state index contributed by atoms with van der Waals surface area (Å²) >= 11 is 1.36. The number of hydrogen-bond donors (Lipinski definition) is 0. The number of nitrogens with zero attached hydrogens (tertiary/aromatic N) is 4. The van der Waals surface area contributed by atoms with Gasteiger partial charge in [0.25, 0.3) is 0 Å². The third-order valence-electron chi connectivity index (χ3n) is 6.22. The van der Waals surface area contributed by atoms with Gasteiger partial charge >= 0.3 is 5.97 Å². The first-order valence-electron chi connectivity index (χ1n) is 11.4. The Balaban J connectivity index is 1.52. The van der Waals surface area contributed by atoms with E-state index in [1.807, 2.05) is 32.6 Å². The van der Waals surface area contributed by atoms with Crippen molar-refractivity contribution in [2.75, 3.05) is 37.7 Å². The van der Waals surface area contributed by atoms with Crippen molar-refractivity contribution in [3.8, 4) is 0 Å². The smallest absolute Gasteiger partial charge is 0.348 e. The lowest BCUT2D eigenvalue weighted by atomic mass is 9.94. The standard InChI is InChI=1S/C23H32N4O4S/c1-6-30-23(29)19-15(4)18-20(24-16(5)25-21(18)32-19)26-9-7-17(8-10-26)22(28)27-11-13(2)31-14(3)12-27/h13-14,17H,6-12H2,1-5H3/t13-,14-/m0/s1. The molecule has 2 aromatic rings. The van der Waals surface area contributed by atoms with Crippen molar-refractivity contribution in [1.29, 1.82) is 0 Å². The zero-order valence-corrected chi connectivity index (χ0v) is 20.3. The number of fused-ring (bicyclic) bond motifs is 1. The molecule has 1 amide bonds. The van der Waals surface area contributed by atoms with E-state index in [2.05, 4.69) is 9.88 Å². The van der Waals surface area contributed by atoms with Gasteiger partial charge in [0.15, 0.2) is 0 Å². The van der Waals surface area contributed by atoms with E-state index in [9.17, 15) is 9.59 Å². The van der Waals surface area contributed by atoms with Crippen LogP contribution in [0, 0.1) is 19.8 Å². The molecule has 32 heavy (non-hydrogen) atoms. The minimum atomic E-state index is -0.310. The van der Waals surface area contributed by atoms with Gasteiger partial charge in [-0.05, 0) is 53.0 Å². The number of carbonyl (C=O) groups excluding carboxylic acids is 2. The molecule has 2 aliphatic heterocycles. The van der Waals surface area contributed by atoms with Crippen molar-refractivity contribution in [3.05, 3.63) is 16.3 Å². The van der Waals surface area contributed by atoms with Crippen LogP contribution in [0.2, 0.25) is 0 Å². The Kier molecular flexibility index (Phi) is 6.67. The Morgan fingerprint density at radius 1 is 1.12 bits per heavy atom. The number of piperidine rings is 1. The molecule has 0 unspecified atom stereocenters. The van der Waals surface area contributed by atoms with E-state index in [0.29, 0.717) is 30.4 Å². The summed E-state index contributed by atoms with van der Waals surface area (Å²) in [5.74, 6) is 1.50. The normalized spacial score (nSPS) is 22.4. The number of hydrogen-bond acceptors (Lipinski definition) is 8. The number of aromatic nitrogens is 2. The maximum Gasteiger partial charge on any atom is 0.348 e. The number of morpholine rings is 1. The topological polar surface area (TPSA) is 84.9 Å². The van der Waals surface area contributed by atoms with Gasteiger partial charge in [-0.2, -0.15) is 0 Å². The van der Waals surface area contributed by atoms with Gasteiger partial charge in [-0.3, -0.25) is 4.79 Å². The number of ether oxygens (including phenoxy) is 2.